The van der Waals surface area contributed by atoms with E-state index in [1.54, 1.807) is 0 Å². The topological polar surface area (TPSA) is 40.5 Å². The van der Waals surface area contributed by atoms with Gasteiger partial charge < -0.3 is 10.0 Å². The van der Waals surface area contributed by atoms with E-state index in [4.69, 9.17) is 0 Å². The Kier molecular flexibility index (Phi) is 3.36. The molecule has 0 radical (unpaired) electrons. The van der Waals surface area contributed by atoms with Crippen LogP contribution in [0.4, 0.5) is 5.69 Å². The van der Waals surface area contributed by atoms with Crippen LogP contribution in [0.1, 0.15) is 25.8 Å². The van der Waals surface area contributed by atoms with Crippen molar-refractivity contribution in [1.29, 1.82) is 0 Å². The molecule has 0 saturated carbocycles. The predicted molar refractivity (Wildman–Crippen MR) is 68.4 cm³/mol. The molecular weight excluding hydrogens is 214 g/mol. The van der Waals surface area contributed by atoms with Gasteiger partial charge in [0.2, 0.25) is 0 Å². The number of benzene rings is 1. The number of fused-ring (bicyclic) bond motifs is 1. The Morgan fingerprint density at radius 3 is 2.88 bits per heavy atom. The minimum absolute atomic E-state index is 0.102. The van der Waals surface area contributed by atoms with Gasteiger partial charge in [-0.1, -0.05) is 25.1 Å². The highest BCUT2D eigenvalue weighted by molar-refractivity contribution is 5.73. The molecule has 1 aliphatic heterocycles. The first-order valence-corrected chi connectivity index (χ1v) is 6.22. The zero-order chi connectivity index (χ0) is 12.4. The van der Waals surface area contributed by atoms with Crippen molar-refractivity contribution in [2.45, 2.75) is 32.7 Å². The summed E-state index contributed by atoms with van der Waals surface area (Å²) in [7, 11) is 0. The van der Waals surface area contributed by atoms with Crippen LogP contribution in [-0.4, -0.2) is 23.7 Å². The summed E-state index contributed by atoms with van der Waals surface area (Å²) >= 11 is 0. The number of hydrogen-bond donors (Lipinski definition) is 1. The number of carboxylic acids is 1. The highest BCUT2D eigenvalue weighted by atomic mass is 16.4. The van der Waals surface area contributed by atoms with Crippen LogP contribution in [0.3, 0.4) is 0 Å². The molecule has 3 heteroatoms. The van der Waals surface area contributed by atoms with Gasteiger partial charge in [0.25, 0.3) is 0 Å². The lowest BCUT2D eigenvalue weighted by Crippen LogP contribution is -2.40. The number of hydrogen-bond acceptors (Lipinski definition) is 2. The summed E-state index contributed by atoms with van der Waals surface area (Å²) < 4.78 is 0. The molecule has 3 nitrogen and oxygen atoms in total. The van der Waals surface area contributed by atoms with Crippen LogP contribution >= 0.6 is 0 Å². The monoisotopic (exact) mass is 233 g/mol. The molecule has 0 saturated heterocycles. The van der Waals surface area contributed by atoms with E-state index >= 15 is 0 Å². The maximum Gasteiger partial charge on any atom is 0.308 e. The summed E-state index contributed by atoms with van der Waals surface area (Å²) in [6.07, 6.45) is 1.89. The molecule has 2 unspecified atom stereocenters. The summed E-state index contributed by atoms with van der Waals surface area (Å²) in [5.41, 5.74) is 2.49. The van der Waals surface area contributed by atoms with Crippen molar-refractivity contribution in [3.05, 3.63) is 29.8 Å². The summed E-state index contributed by atoms with van der Waals surface area (Å²) in [4.78, 5) is 13.4. The SMILES string of the molecule is CCCN1c2ccccc2CC1C(C)C(=O)O. The normalized spacial score (nSPS) is 20.1. The quantitative estimate of drug-likeness (QED) is 0.868. The molecule has 17 heavy (non-hydrogen) atoms. The first-order chi connectivity index (χ1) is 8.15. The van der Waals surface area contributed by atoms with Crippen molar-refractivity contribution in [3.63, 3.8) is 0 Å². The number of carbonyl (C=O) groups is 1. The fourth-order valence-electron chi connectivity index (χ4n) is 2.62. The van der Waals surface area contributed by atoms with Crippen molar-refractivity contribution in [2.75, 3.05) is 11.4 Å². The third-order valence-electron chi connectivity index (χ3n) is 3.56. The maximum absolute atomic E-state index is 11.2. The highest BCUT2D eigenvalue weighted by Gasteiger charge is 2.35. The Hall–Kier alpha value is -1.51. The molecule has 92 valence electrons. The Morgan fingerprint density at radius 2 is 2.24 bits per heavy atom. The van der Waals surface area contributed by atoms with E-state index in [2.05, 4.69) is 24.0 Å². The summed E-state index contributed by atoms with van der Waals surface area (Å²) in [5, 5.41) is 9.18. The number of nitrogens with zero attached hydrogens (tertiary/aromatic N) is 1. The van der Waals surface area contributed by atoms with Gasteiger partial charge in [-0.15, -0.1) is 0 Å². The number of rotatable bonds is 4. The molecular formula is C14H19NO2. The molecule has 2 rings (SSSR count). The molecule has 1 aromatic rings. The van der Waals surface area contributed by atoms with Crippen LogP contribution in [0.15, 0.2) is 24.3 Å². The van der Waals surface area contributed by atoms with Crippen molar-refractivity contribution in [2.24, 2.45) is 5.92 Å². The van der Waals surface area contributed by atoms with Crippen molar-refractivity contribution < 1.29 is 9.90 Å². The van der Waals surface area contributed by atoms with Crippen molar-refractivity contribution in [3.8, 4) is 0 Å². The molecule has 1 N–H and O–H groups in total. The van der Waals surface area contributed by atoms with Crippen LogP contribution in [0.25, 0.3) is 0 Å². The summed E-state index contributed by atoms with van der Waals surface area (Å²) in [5.74, 6) is -1.03. The Labute approximate surface area is 102 Å². The van der Waals surface area contributed by atoms with Gasteiger partial charge in [-0.3, -0.25) is 4.79 Å². The highest BCUT2D eigenvalue weighted by Crippen LogP contribution is 2.35. The minimum Gasteiger partial charge on any atom is -0.481 e. The maximum atomic E-state index is 11.2. The van der Waals surface area contributed by atoms with Crippen molar-refractivity contribution in [1.82, 2.24) is 0 Å². The predicted octanol–water partition coefficient (Wildman–Crippen LogP) is 2.55. The number of carboxylic acid groups (broad SMARTS) is 1. The summed E-state index contributed by atoms with van der Waals surface area (Å²) in [6, 6.07) is 8.35. The Bertz CT molecular complexity index is 416. The molecule has 1 heterocycles. The van der Waals surface area contributed by atoms with Crippen LogP contribution in [0.5, 0.6) is 0 Å². The number of aliphatic carboxylic acids is 1. The smallest absolute Gasteiger partial charge is 0.308 e. The average Bonchev–Trinajstić information content (AvgIpc) is 2.68. The van der Waals surface area contributed by atoms with E-state index in [0.717, 1.165) is 19.4 Å². The number of para-hydroxylation sites is 1. The lowest BCUT2D eigenvalue weighted by molar-refractivity contribution is -0.141. The van der Waals surface area contributed by atoms with Gasteiger partial charge >= 0.3 is 5.97 Å². The lowest BCUT2D eigenvalue weighted by atomic mass is 9.98. The molecule has 0 bridgehead atoms. The van der Waals surface area contributed by atoms with Gasteiger partial charge in [-0.25, -0.2) is 0 Å². The zero-order valence-corrected chi connectivity index (χ0v) is 10.4. The molecule has 0 fully saturated rings. The summed E-state index contributed by atoms with van der Waals surface area (Å²) in [6.45, 7) is 4.87. The fraction of sp³-hybridized carbons (Fsp3) is 0.500. The molecule has 1 aromatic carbocycles. The molecule has 0 amide bonds. The third-order valence-corrected chi connectivity index (χ3v) is 3.56. The first kappa shape index (κ1) is 12.0. The van der Waals surface area contributed by atoms with E-state index in [1.807, 2.05) is 19.1 Å². The second-order valence-electron chi connectivity index (χ2n) is 4.72. The standard InChI is InChI=1S/C14H19NO2/c1-3-8-15-12-7-5-4-6-11(12)9-13(15)10(2)14(16)17/h4-7,10,13H,3,8-9H2,1-2H3,(H,16,17). The van der Waals surface area contributed by atoms with Gasteiger partial charge in [0.05, 0.1) is 5.92 Å². The molecule has 1 aliphatic rings. The van der Waals surface area contributed by atoms with E-state index in [1.165, 1.54) is 11.3 Å². The van der Waals surface area contributed by atoms with E-state index in [9.17, 15) is 9.90 Å². The van der Waals surface area contributed by atoms with Crippen molar-refractivity contribution >= 4 is 11.7 Å². The van der Waals surface area contributed by atoms with E-state index in [-0.39, 0.29) is 12.0 Å². The van der Waals surface area contributed by atoms with Crippen LogP contribution in [-0.2, 0) is 11.2 Å². The average molecular weight is 233 g/mol. The second-order valence-corrected chi connectivity index (χ2v) is 4.72. The molecule has 0 spiro atoms. The Balaban J connectivity index is 2.29. The van der Waals surface area contributed by atoms with Crippen LogP contribution in [0, 0.1) is 5.92 Å². The van der Waals surface area contributed by atoms with E-state index in [0.29, 0.717) is 0 Å². The van der Waals surface area contributed by atoms with Crippen LogP contribution < -0.4 is 4.90 Å². The van der Waals surface area contributed by atoms with E-state index < -0.39 is 5.97 Å². The van der Waals surface area contributed by atoms with Gasteiger partial charge in [0.15, 0.2) is 0 Å². The molecule has 0 aliphatic carbocycles. The van der Waals surface area contributed by atoms with Gasteiger partial charge in [-0.05, 0) is 31.4 Å². The molecule has 0 aromatic heterocycles. The molecule has 2 atom stereocenters. The Morgan fingerprint density at radius 1 is 1.53 bits per heavy atom. The van der Waals surface area contributed by atoms with Gasteiger partial charge in [-0.2, -0.15) is 0 Å². The minimum atomic E-state index is -0.705. The fourth-order valence-corrected chi connectivity index (χ4v) is 2.62. The van der Waals surface area contributed by atoms with Crippen LogP contribution in [0.2, 0.25) is 0 Å². The van der Waals surface area contributed by atoms with Gasteiger partial charge in [0, 0.05) is 18.3 Å². The van der Waals surface area contributed by atoms with Gasteiger partial charge in [0.1, 0.15) is 0 Å². The third kappa shape index (κ3) is 2.14. The number of anilines is 1. The lowest BCUT2D eigenvalue weighted by Gasteiger charge is -2.29. The first-order valence-electron chi connectivity index (χ1n) is 6.22. The zero-order valence-electron chi connectivity index (χ0n) is 10.4. The largest absolute Gasteiger partial charge is 0.481 e. The second kappa shape index (κ2) is 4.78.